The molecule has 0 saturated carbocycles. The van der Waals surface area contributed by atoms with Crippen molar-refractivity contribution in [2.45, 2.75) is 26.0 Å². The summed E-state index contributed by atoms with van der Waals surface area (Å²) in [6, 6.07) is 13.9. The van der Waals surface area contributed by atoms with Crippen molar-refractivity contribution in [2.75, 3.05) is 0 Å². The molecule has 0 spiro atoms. The number of alkyl halides is 2. The van der Waals surface area contributed by atoms with Crippen LogP contribution in [-0.4, -0.2) is 17.1 Å². The lowest BCUT2D eigenvalue weighted by Crippen LogP contribution is -2.28. The number of carbonyl (C=O) groups excluding carboxylic acids is 1. The lowest BCUT2D eigenvalue weighted by atomic mass is 10.1. The Balaban J connectivity index is 1.69. The number of nitrogens with one attached hydrogen (secondary N) is 1. The molecule has 0 saturated heterocycles. The van der Waals surface area contributed by atoms with E-state index in [9.17, 15) is 13.6 Å². The highest BCUT2D eigenvalue weighted by Crippen LogP contribution is 2.23. The maximum Gasteiger partial charge on any atom is 0.387 e. The summed E-state index contributed by atoms with van der Waals surface area (Å²) < 4.78 is 31.1. The predicted molar refractivity (Wildman–Crippen MR) is 96.3 cm³/mol. The number of hydrogen-bond donors (Lipinski definition) is 1. The van der Waals surface area contributed by atoms with E-state index in [-0.39, 0.29) is 24.1 Å². The summed E-state index contributed by atoms with van der Waals surface area (Å²) in [4.78, 5) is 12.4. The second kappa shape index (κ2) is 7.56. The van der Waals surface area contributed by atoms with Crippen LogP contribution in [0.5, 0.6) is 5.75 Å². The molecule has 1 N–H and O–H groups in total. The lowest BCUT2D eigenvalue weighted by molar-refractivity contribution is -0.121. The molecule has 26 heavy (non-hydrogen) atoms. The topological polar surface area (TPSA) is 43.3 Å². The van der Waals surface area contributed by atoms with Crippen LogP contribution in [0, 0.1) is 0 Å². The fourth-order valence-corrected chi connectivity index (χ4v) is 3.08. The van der Waals surface area contributed by atoms with E-state index in [0.717, 1.165) is 16.5 Å². The summed E-state index contributed by atoms with van der Waals surface area (Å²) in [6.45, 7) is -1.07. The minimum atomic E-state index is -2.87. The Morgan fingerprint density at radius 3 is 2.73 bits per heavy atom. The van der Waals surface area contributed by atoms with Gasteiger partial charge >= 0.3 is 6.61 Å². The number of fused-ring (bicyclic) bond motifs is 1. The highest BCUT2D eigenvalue weighted by Gasteiger charge is 2.14. The average molecular weight is 358 g/mol. The van der Waals surface area contributed by atoms with Crippen molar-refractivity contribution < 1.29 is 18.3 Å². The molecule has 1 atom stereocenters. The van der Waals surface area contributed by atoms with Gasteiger partial charge in [-0.25, -0.2) is 0 Å². The third-order valence-corrected chi connectivity index (χ3v) is 4.29. The van der Waals surface area contributed by atoms with Crippen molar-refractivity contribution >= 4 is 16.8 Å². The van der Waals surface area contributed by atoms with Crippen LogP contribution in [0.1, 0.15) is 24.1 Å². The second-order valence-corrected chi connectivity index (χ2v) is 6.20. The Labute approximate surface area is 150 Å². The monoisotopic (exact) mass is 358 g/mol. The molecule has 2 aromatic carbocycles. The molecule has 6 heteroatoms. The Bertz CT molecular complexity index is 921. The molecule has 3 aromatic rings. The van der Waals surface area contributed by atoms with Crippen LogP contribution in [0.15, 0.2) is 54.7 Å². The van der Waals surface area contributed by atoms with E-state index in [2.05, 4.69) is 10.1 Å². The summed E-state index contributed by atoms with van der Waals surface area (Å²) in [6.07, 6.45) is 2.20. The fraction of sp³-hybridized carbons (Fsp3) is 0.250. The van der Waals surface area contributed by atoms with Gasteiger partial charge in [0.1, 0.15) is 5.75 Å². The first-order chi connectivity index (χ1) is 12.4. The normalized spacial score (nSPS) is 12.3. The molecule has 1 aromatic heterocycles. The summed E-state index contributed by atoms with van der Waals surface area (Å²) in [5.74, 6) is -0.0540. The number of benzene rings is 2. The van der Waals surface area contributed by atoms with Crippen LogP contribution in [-0.2, 0) is 18.3 Å². The van der Waals surface area contributed by atoms with Crippen molar-refractivity contribution in [3.05, 3.63) is 65.9 Å². The highest BCUT2D eigenvalue weighted by molar-refractivity contribution is 5.89. The summed E-state index contributed by atoms with van der Waals surface area (Å²) in [7, 11) is 1.95. The van der Waals surface area contributed by atoms with Crippen molar-refractivity contribution in [1.82, 2.24) is 9.88 Å². The quantitative estimate of drug-likeness (QED) is 0.718. The van der Waals surface area contributed by atoms with Crippen LogP contribution in [0.4, 0.5) is 8.78 Å². The summed E-state index contributed by atoms with van der Waals surface area (Å²) in [5.41, 5.74) is 2.72. The van der Waals surface area contributed by atoms with E-state index in [1.807, 2.05) is 49.0 Å². The van der Waals surface area contributed by atoms with Crippen LogP contribution in [0.2, 0.25) is 0 Å². The standard InChI is InChI=1S/C20H20F2N2O2/c1-13(14-6-5-7-16(10-14)26-20(21)22)23-19(25)11-15-12-24(2)18-9-4-3-8-17(15)18/h3-10,12-13,20H,11H2,1-2H3,(H,23,25). The van der Waals surface area contributed by atoms with E-state index in [4.69, 9.17) is 0 Å². The summed E-state index contributed by atoms with van der Waals surface area (Å²) >= 11 is 0. The van der Waals surface area contributed by atoms with Gasteiger partial charge in [0, 0.05) is 24.1 Å². The third-order valence-electron chi connectivity index (χ3n) is 4.29. The van der Waals surface area contributed by atoms with Crippen molar-refractivity contribution in [1.29, 1.82) is 0 Å². The molecule has 0 radical (unpaired) electrons. The van der Waals surface area contributed by atoms with Crippen molar-refractivity contribution in [3.63, 3.8) is 0 Å². The summed E-state index contributed by atoms with van der Waals surface area (Å²) in [5, 5.41) is 3.95. The number of hydrogen-bond acceptors (Lipinski definition) is 2. The number of aryl methyl sites for hydroxylation is 1. The number of halogens is 2. The molecule has 0 aliphatic rings. The minimum Gasteiger partial charge on any atom is -0.435 e. The van der Waals surface area contributed by atoms with Gasteiger partial charge in [0.2, 0.25) is 5.91 Å². The number of carbonyl (C=O) groups is 1. The van der Waals surface area contributed by atoms with Crippen LogP contribution >= 0.6 is 0 Å². The van der Waals surface area contributed by atoms with Crippen molar-refractivity contribution in [3.8, 4) is 5.75 Å². The van der Waals surface area contributed by atoms with Crippen molar-refractivity contribution in [2.24, 2.45) is 7.05 Å². The fourth-order valence-electron chi connectivity index (χ4n) is 3.08. The van der Waals surface area contributed by atoms with E-state index < -0.39 is 6.61 Å². The molecule has 1 amide bonds. The van der Waals surface area contributed by atoms with Crippen LogP contribution in [0.25, 0.3) is 10.9 Å². The van der Waals surface area contributed by atoms with Gasteiger partial charge in [0.05, 0.1) is 12.5 Å². The second-order valence-electron chi connectivity index (χ2n) is 6.20. The van der Waals surface area contributed by atoms with E-state index in [1.165, 1.54) is 12.1 Å². The zero-order valence-electron chi connectivity index (χ0n) is 14.6. The zero-order chi connectivity index (χ0) is 18.7. The molecule has 1 unspecified atom stereocenters. The molecule has 4 nitrogen and oxygen atoms in total. The van der Waals surface area contributed by atoms with Gasteiger partial charge in [-0.05, 0) is 36.2 Å². The van der Waals surface area contributed by atoms with E-state index in [0.29, 0.717) is 5.56 Å². The predicted octanol–water partition coefficient (Wildman–Crippen LogP) is 4.20. The minimum absolute atomic E-state index is 0.0765. The first kappa shape index (κ1) is 17.9. The zero-order valence-corrected chi connectivity index (χ0v) is 14.6. The smallest absolute Gasteiger partial charge is 0.387 e. The van der Waals surface area contributed by atoms with E-state index in [1.54, 1.807) is 12.1 Å². The molecular formula is C20H20F2N2O2. The third kappa shape index (κ3) is 4.02. The van der Waals surface area contributed by atoms with Gasteiger partial charge in [0.25, 0.3) is 0 Å². The number of para-hydroxylation sites is 1. The molecule has 136 valence electrons. The number of ether oxygens (including phenoxy) is 1. The Morgan fingerprint density at radius 2 is 1.96 bits per heavy atom. The number of amides is 1. The van der Waals surface area contributed by atoms with Gasteiger partial charge in [-0.1, -0.05) is 30.3 Å². The Kier molecular flexibility index (Phi) is 5.21. The maximum atomic E-state index is 12.4. The number of aromatic nitrogens is 1. The molecule has 0 fully saturated rings. The van der Waals surface area contributed by atoms with Crippen LogP contribution in [0.3, 0.4) is 0 Å². The van der Waals surface area contributed by atoms with Gasteiger partial charge in [-0.2, -0.15) is 8.78 Å². The average Bonchev–Trinajstić information content (AvgIpc) is 2.90. The molecule has 0 bridgehead atoms. The SMILES string of the molecule is CC(NC(=O)Cc1cn(C)c2ccccc12)c1cccc(OC(F)F)c1. The van der Waals surface area contributed by atoms with Gasteiger partial charge in [0.15, 0.2) is 0 Å². The van der Waals surface area contributed by atoms with Gasteiger partial charge in [-0.15, -0.1) is 0 Å². The van der Waals surface area contributed by atoms with E-state index >= 15 is 0 Å². The van der Waals surface area contributed by atoms with Crippen LogP contribution < -0.4 is 10.1 Å². The number of rotatable bonds is 6. The maximum absolute atomic E-state index is 12.4. The molecule has 0 aliphatic heterocycles. The number of nitrogens with zero attached hydrogens (tertiary/aromatic N) is 1. The van der Waals surface area contributed by atoms with Gasteiger partial charge in [-0.3, -0.25) is 4.79 Å². The largest absolute Gasteiger partial charge is 0.435 e. The molecular weight excluding hydrogens is 338 g/mol. The Hall–Kier alpha value is -2.89. The first-order valence-electron chi connectivity index (χ1n) is 8.31. The first-order valence-corrected chi connectivity index (χ1v) is 8.31. The Morgan fingerprint density at radius 1 is 1.19 bits per heavy atom. The molecule has 1 heterocycles. The van der Waals surface area contributed by atoms with Gasteiger partial charge < -0.3 is 14.6 Å². The molecule has 0 aliphatic carbocycles. The molecule has 3 rings (SSSR count). The lowest BCUT2D eigenvalue weighted by Gasteiger charge is -2.15. The highest BCUT2D eigenvalue weighted by atomic mass is 19.3.